The lowest BCUT2D eigenvalue weighted by atomic mass is 10.1. The van der Waals surface area contributed by atoms with Gasteiger partial charge in [-0.05, 0) is 12.1 Å². The zero-order valence-corrected chi connectivity index (χ0v) is 9.47. The summed E-state index contributed by atoms with van der Waals surface area (Å²) in [6.45, 7) is -0.218. The van der Waals surface area contributed by atoms with Crippen molar-refractivity contribution in [3.63, 3.8) is 0 Å². The molecule has 0 aliphatic carbocycles. The Morgan fingerprint density at radius 3 is 3.00 bits per heavy atom. The molecule has 0 radical (unpaired) electrons. The molecule has 18 heavy (non-hydrogen) atoms. The second-order valence-electron chi connectivity index (χ2n) is 3.45. The SMILES string of the molecule is O=C(Nc1ccccc1C#CCO)c1cn[nH]c1. The van der Waals surface area contributed by atoms with Gasteiger partial charge in [0.15, 0.2) is 0 Å². The van der Waals surface area contributed by atoms with Gasteiger partial charge < -0.3 is 10.4 Å². The zero-order chi connectivity index (χ0) is 12.8. The van der Waals surface area contributed by atoms with Crippen LogP contribution in [-0.2, 0) is 0 Å². The smallest absolute Gasteiger partial charge is 0.258 e. The van der Waals surface area contributed by atoms with Crippen molar-refractivity contribution in [3.8, 4) is 11.8 Å². The number of para-hydroxylation sites is 1. The van der Waals surface area contributed by atoms with E-state index in [1.165, 1.54) is 12.4 Å². The van der Waals surface area contributed by atoms with Crippen molar-refractivity contribution in [2.24, 2.45) is 0 Å². The van der Waals surface area contributed by atoms with Crippen molar-refractivity contribution < 1.29 is 9.90 Å². The first-order valence-electron chi connectivity index (χ1n) is 5.30. The molecule has 2 rings (SSSR count). The summed E-state index contributed by atoms with van der Waals surface area (Å²) in [5.41, 5.74) is 1.70. The molecule has 90 valence electrons. The fourth-order valence-corrected chi connectivity index (χ4v) is 1.41. The second-order valence-corrected chi connectivity index (χ2v) is 3.45. The molecule has 0 aliphatic rings. The van der Waals surface area contributed by atoms with Crippen LogP contribution in [0.25, 0.3) is 0 Å². The Morgan fingerprint density at radius 2 is 2.28 bits per heavy atom. The molecule has 1 aromatic heterocycles. The lowest BCUT2D eigenvalue weighted by Gasteiger charge is -2.05. The first kappa shape index (κ1) is 11.9. The van der Waals surface area contributed by atoms with Crippen molar-refractivity contribution in [1.82, 2.24) is 10.2 Å². The number of amides is 1. The summed E-state index contributed by atoms with van der Waals surface area (Å²) in [6.07, 6.45) is 2.95. The van der Waals surface area contributed by atoms with E-state index in [-0.39, 0.29) is 12.5 Å². The Balaban J connectivity index is 2.21. The maximum Gasteiger partial charge on any atom is 0.258 e. The molecule has 0 fully saturated rings. The number of hydrogen-bond acceptors (Lipinski definition) is 3. The van der Waals surface area contributed by atoms with Gasteiger partial charge in [-0.3, -0.25) is 9.89 Å². The van der Waals surface area contributed by atoms with E-state index in [0.29, 0.717) is 16.8 Å². The number of nitrogens with one attached hydrogen (secondary N) is 2. The van der Waals surface area contributed by atoms with Gasteiger partial charge in [0.05, 0.1) is 17.4 Å². The van der Waals surface area contributed by atoms with Crippen molar-refractivity contribution >= 4 is 11.6 Å². The normalized spacial score (nSPS) is 9.39. The van der Waals surface area contributed by atoms with Crippen LogP contribution in [0.3, 0.4) is 0 Å². The number of carbonyl (C=O) groups excluding carboxylic acids is 1. The molecule has 0 aliphatic heterocycles. The molecule has 2 aromatic rings. The topological polar surface area (TPSA) is 78.0 Å². The van der Waals surface area contributed by atoms with E-state index >= 15 is 0 Å². The molecule has 0 spiro atoms. The lowest BCUT2D eigenvalue weighted by molar-refractivity contribution is 0.102. The second kappa shape index (κ2) is 5.66. The highest BCUT2D eigenvalue weighted by Gasteiger charge is 2.08. The number of rotatable bonds is 2. The molecule has 0 atom stereocenters. The fourth-order valence-electron chi connectivity index (χ4n) is 1.41. The third kappa shape index (κ3) is 2.75. The van der Waals surface area contributed by atoms with Gasteiger partial charge in [0.2, 0.25) is 0 Å². The Bertz CT molecular complexity index is 594. The molecular formula is C13H11N3O2. The number of aliphatic hydroxyl groups excluding tert-OH is 1. The summed E-state index contributed by atoms with van der Waals surface area (Å²) >= 11 is 0. The van der Waals surface area contributed by atoms with Gasteiger partial charge >= 0.3 is 0 Å². The highest BCUT2D eigenvalue weighted by molar-refractivity contribution is 6.04. The van der Waals surface area contributed by atoms with E-state index in [1.54, 1.807) is 18.2 Å². The number of hydrogen-bond donors (Lipinski definition) is 3. The van der Waals surface area contributed by atoms with Gasteiger partial charge in [-0.15, -0.1) is 0 Å². The minimum atomic E-state index is -0.262. The standard InChI is InChI=1S/C13H11N3O2/c17-7-3-5-10-4-1-2-6-12(10)16-13(18)11-8-14-15-9-11/h1-2,4,6,8-9,17H,7H2,(H,14,15)(H,16,18). The summed E-state index contributed by atoms with van der Waals surface area (Å²) in [5.74, 6) is 5.06. The largest absolute Gasteiger partial charge is 0.384 e. The van der Waals surface area contributed by atoms with Gasteiger partial charge in [-0.25, -0.2) is 0 Å². The van der Waals surface area contributed by atoms with Gasteiger partial charge in [0, 0.05) is 11.8 Å². The van der Waals surface area contributed by atoms with Gasteiger partial charge in [0.1, 0.15) is 6.61 Å². The average molecular weight is 241 g/mol. The Kier molecular flexibility index (Phi) is 3.74. The predicted molar refractivity (Wildman–Crippen MR) is 66.9 cm³/mol. The zero-order valence-electron chi connectivity index (χ0n) is 9.47. The van der Waals surface area contributed by atoms with E-state index in [4.69, 9.17) is 5.11 Å². The Labute approximate surface area is 104 Å². The third-order valence-electron chi connectivity index (χ3n) is 2.24. The first-order valence-corrected chi connectivity index (χ1v) is 5.30. The summed E-state index contributed by atoms with van der Waals surface area (Å²) < 4.78 is 0. The third-order valence-corrected chi connectivity index (χ3v) is 2.24. The molecule has 0 saturated heterocycles. The van der Waals surface area contributed by atoms with Crippen molar-refractivity contribution in [1.29, 1.82) is 0 Å². The van der Waals surface area contributed by atoms with Crippen molar-refractivity contribution in [2.75, 3.05) is 11.9 Å². The number of H-pyrrole nitrogens is 1. The first-order chi connectivity index (χ1) is 8.81. The van der Waals surface area contributed by atoms with Crippen LogP contribution in [-0.4, -0.2) is 27.8 Å². The van der Waals surface area contributed by atoms with E-state index in [1.807, 2.05) is 6.07 Å². The summed E-state index contributed by atoms with van der Waals surface area (Å²) in [6, 6.07) is 7.14. The Morgan fingerprint density at radius 1 is 1.44 bits per heavy atom. The summed E-state index contributed by atoms with van der Waals surface area (Å²) in [4.78, 5) is 11.8. The van der Waals surface area contributed by atoms with Gasteiger partial charge in [0.25, 0.3) is 5.91 Å². The molecule has 0 bridgehead atoms. The van der Waals surface area contributed by atoms with Crippen molar-refractivity contribution in [3.05, 3.63) is 47.8 Å². The molecule has 0 saturated carbocycles. The van der Waals surface area contributed by atoms with E-state index in [9.17, 15) is 4.79 Å². The minimum absolute atomic E-state index is 0.218. The Hall–Kier alpha value is -2.58. The molecule has 0 unspecified atom stereocenters. The molecule has 1 amide bonds. The highest BCUT2D eigenvalue weighted by atomic mass is 16.2. The summed E-state index contributed by atoms with van der Waals surface area (Å²) in [5, 5.41) is 17.7. The maximum absolute atomic E-state index is 11.8. The fraction of sp³-hybridized carbons (Fsp3) is 0.0769. The quantitative estimate of drug-likeness (QED) is 0.686. The van der Waals surface area contributed by atoms with Crippen LogP contribution in [0, 0.1) is 11.8 Å². The van der Waals surface area contributed by atoms with Crippen LogP contribution in [0.15, 0.2) is 36.7 Å². The van der Waals surface area contributed by atoms with Crippen LogP contribution >= 0.6 is 0 Å². The molecular weight excluding hydrogens is 230 g/mol. The van der Waals surface area contributed by atoms with Crippen LogP contribution < -0.4 is 5.32 Å². The number of carbonyl (C=O) groups is 1. The molecule has 5 nitrogen and oxygen atoms in total. The number of benzene rings is 1. The van der Waals surface area contributed by atoms with E-state index < -0.39 is 0 Å². The highest BCUT2D eigenvalue weighted by Crippen LogP contribution is 2.14. The van der Waals surface area contributed by atoms with Crippen LogP contribution in [0.4, 0.5) is 5.69 Å². The van der Waals surface area contributed by atoms with Crippen LogP contribution in [0.2, 0.25) is 0 Å². The number of aliphatic hydroxyl groups is 1. The van der Waals surface area contributed by atoms with E-state index in [0.717, 1.165) is 0 Å². The molecule has 5 heteroatoms. The summed E-state index contributed by atoms with van der Waals surface area (Å²) in [7, 11) is 0. The van der Waals surface area contributed by atoms with Crippen LogP contribution in [0.5, 0.6) is 0 Å². The van der Waals surface area contributed by atoms with Gasteiger partial charge in [-0.2, -0.15) is 5.10 Å². The number of anilines is 1. The molecule has 1 heterocycles. The predicted octanol–water partition coefficient (Wildman–Crippen LogP) is 1.01. The monoisotopic (exact) mass is 241 g/mol. The average Bonchev–Trinajstić information content (AvgIpc) is 2.91. The maximum atomic E-state index is 11.8. The van der Waals surface area contributed by atoms with E-state index in [2.05, 4.69) is 27.4 Å². The van der Waals surface area contributed by atoms with Crippen molar-refractivity contribution in [2.45, 2.75) is 0 Å². The lowest BCUT2D eigenvalue weighted by Crippen LogP contribution is -2.11. The van der Waals surface area contributed by atoms with Gasteiger partial charge in [-0.1, -0.05) is 24.0 Å². The molecule has 1 aromatic carbocycles. The number of nitrogens with zero attached hydrogens (tertiary/aromatic N) is 1. The number of aromatic nitrogens is 2. The molecule has 3 N–H and O–H groups in total. The minimum Gasteiger partial charge on any atom is -0.384 e. The van der Waals surface area contributed by atoms with Crippen LogP contribution in [0.1, 0.15) is 15.9 Å². The number of aromatic amines is 1.